The molecule has 0 fully saturated rings. The van der Waals surface area contributed by atoms with Crippen LogP contribution in [0.15, 0.2) is 48.5 Å². The largest absolute Gasteiger partial charge is 0.484 e. The van der Waals surface area contributed by atoms with Crippen LogP contribution in [0.5, 0.6) is 5.75 Å². The highest BCUT2D eigenvalue weighted by atomic mass is 32.1. The number of carbonyl (C=O) groups excluding carboxylic acids is 1. The fourth-order valence-electron chi connectivity index (χ4n) is 2.71. The van der Waals surface area contributed by atoms with Gasteiger partial charge in [0.25, 0.3) is 5.91 Å². The number of amides is 1. The van der Waals surface area contributed by atoms with Gasteiger partial charge in [-0.3, -0.25) is 4.79 Å². The van der Waals surface area contributed by atoms with E-state index in [2.05, 4.69) is 26.1 Å². The van der Waals surface area contributed by atoms with Crippen molar-refractivity contribution in [2.75, 3.05) is 13.7 Å². The van der Waals surface area contributed by atoms with Crippen LogP contribution in [-0.4, -0.2) is 29.6 Å². The molecule has 26 heavy (non-hydrogen) atoms. The fraction of sp³-hybridized carbons (Fsp3) is 0.333. The molecule has 0 radical (unpaired) electrons. The molecular weight excluding hydrogens is 344 g/mol. The summed E-state index contributed by atoms with van der Waals surface area (Å²) in [6.45, 7) is 6.93. The molecule has 0 aliphatic carbocycles. The number of rotatable bonds is 6. The van der Waals surface area contributed by atoms with E-state index in [4.69, 9.17) is 17.0 Å². The number of carbonyl (C=O) groups is 1. The maximum absolute atomic E-state index is 12.1. The third kappa shape index (κ3) is 5.85. The van der Waals surface area contributed by atoms with Gasteiger partial charge in [0.15, 0.2) is 11.7 Å². The summed E-state index contributed by atoms with van der Waals surface area (Å²) in [5.41, 5.74) is 3.57. The van der Waals surface area contributed by atoms with E-state index in [0.29, 0.717) is 23.3 Å². The molecule has 1 amide bonds. The van der Waals surface area contributed by atoms with Crippen LogP contribution in [-0.2, 0) is 11.3 Å². The molecule has 0 saturated carbocycles. The molecular formula is C21H26N2O2S. The second kappa shape index (κ2) is 9.34. The van der Waals surface area contributed by atoms with Gasteiger partial charge in [0, 0.05) is 13.6 Å². The highest BCUT2D eigenvalue weighted by Gasteiger charge is 2.11. The Balaban J connectivity index is 1.82. The van der Waals surface area contributed by atoms with Gasteiger partial charge in [0.1, 0.15) is 5.75 Å². The molecule has 0 spiro atoms. The van der Waals surface area contributed by atoms with Gasteiger partial charge in [-0.1, -0.05) is 50.2 Å². The van der Waals surface area contributed by atoms with Crippen LogP contribution in [0.4, 0.5) is 0 Å². The second-order valence-corrected chi connectivity index (χ2v) is 7.04. The van der Waals surface area contributed by atoms with E-state index in [1.54, 1.807) is 0 Å². The minimum Gasteiger partial charge on any atom is -0.484 e. The van der Waals surface area contributed by atoms with Crippen LogP contribution in [0.25, 0.3) is 0 Å². The summed E-state index contributed by atoms with van der Waals surface area (Å²) in [5.74, 6) is 0.885. The number of aryl methyl sites for hydroxylation is 1. The smallest absolute Gasteiger partial charge is 0.264 e. The maximum Gasteiger partial charge on any atom is 0.264 e. The van der Waals surface area contributed by atoms with Crippen LogP contribution in [0.2, 0.25) is 0 Å². The number of ether oxygens (including phenoxy) is 1. The monoisotopic (exact) mass is 370 g/mol. The zero-order valence-corrected chi connectivity index (χ0v) is 16.6. The van der Waals surface area contributed by atoms with Gasteiger partial charge < -0.3 is 15.0 Å². The van der Waals surface area contributed by atoms with Crippen molar-refractivity contribution in [3.8, 4) is 5.75 Å². The van der Waals surface area contributed by atoms with Gasteiger partial charge in [0.05, 0.1) is 0 Å². The van der Waals surface area contributed by atoms with Gasteiger partial charge in [-0.2, -0.15) is 0 Å². The lowest BCUT2D eigenvalue weighted by Crippen LogP contribution is -2.42. The standard InChI is InChI=1S/C21H26N2O2S/c1-15(2)19-11-10-18(12-16(19)3)25-14-20(24)22-21(26)23(4)13-17-8-6-5-7-9-17/h5-12,15H,13-14H2,1-4H3,(H,22,24,26). The van der Waals surface area contributed by atoms with Gasteiger partial charge in [-0.25, -0.2) is 0 Å². The number of nitrogens with zero attached hydrogens (tertiary/aromatic N) is 1. The number of nitrogens with one attached hydrogen (secondary N) is 1. The Labute approximate surface area is 161 Å². The second-order valence-electron chi connectivity index (χ2n) is 6.66. The summed E-state index contributed by atoms with van der Waals surface area (Å²) in [6, 6.07) is 15.9. The first-order valence-corrected chi connectivity index (χ1v) is 9.10. The maximum atomic E-state index is 12.1. The molecule has 5 heteroatoms. The molecule has 2 rings (SSSR count). The molecule has 0 aliphatic heterocycles. The Bertz CT molecular complexity index is 760. The summed E-state index contributed by atoms with van der Waals surface area (Å²) in [5, 5.41) is 3.09. The number of thiocarbonyl (C=S) groups is 1. The van der Waals surface area contributed by atoms with E-state index >= 15 is 0 Å². The zero-order chi connectivity index (χ0) is 19.1. The number of benzene rings is 2. The van der Waals surface area contributed by atoms with Gasteiger partial charge >= 0.3 is 0 Å². The molecule has 1 N–H and O–H groups in total. The Kier molecular flexibility index (Phi) is 7.16. The van der Waals surface area contributed by atoms with Crippen LogP contribution in [0, 0.1) is 6.92 Å². The Hall–Kier alpha value is -2.40. The molecule has 138 valence electrons. The molecule has 0 bridgehead atoms. The Morgan fingerprint density at radius 2 is 1.88 bits per heavy atom. The normalized spacial score (nSPS) is 10.5. The highest BCUT2D eigenvalue weighted by Crippen LogP contribution is 2.23. The average molecular weight is 371 g/mol. The third-order valence-corrected chi connectivity index (χ3v) is 4.50. The summed E-state index contributed by atoms with van der Waals surface area (Å²) in [7, 11) is 1.85. The van der Waals surface area contributed by atoms with Crippen molar-refractivity contribution in [3.63, 3.8) is 0 Å². The summed E-state index contributed by atoms with van der Waals surface area (Å²) in [6.07, 6.45) is 0. The lowest BCUT2D eigenvalue weighted by molar-refractivity contribution is -0.121. The predicted octanol–water partition coefficient (Wildman–Crippen LogP) is 4.03. The zero-order valence-electron chi connectivity index (χ0n) is 15.8. The van der Waals surface area contributed by atoms with E-state index in [0.717, 1.165) is 11.1 Å². The van der Waals surface area contributed by atoms with Crippen molar-refractivity contribution >= 4 is 23.2 Å². The first-order valence-electron chi connectivity index (χ1n) is 8.69. The van der Waals surface area contributed by atoms with Crippen LogP contribution in [0.1, 0.15) is 36.5 Å². The molecule has 0 saturated heterocycles. The quantitative estimate of drug-likeness (QED) is 0.780. The minimum atomic E-state index is -0.263. The topological polar surface area (TPSA) is 41.6 Å². The van der Waals surface area contributed by atoms with E-state index in [1.807, 2.05) is 60.5 Å². The minimum absolute atomic E-state index is 0.0697. The van der Waals surface area contributed by atoms with Crippen molar-refractivity contribution in [1.29, 1.82) is 0 Å². The first kappa shape index (κ1) is 19.9. The molecule has 2 aromatic rings. The fourth-order valence-corrected chi connectivity index (χ4v) is 2.89. The van der Waals surface area contributed by atoms with E-state index < -0.39 is 0 Å². The van der Waals surface area contributed by atoms with Crippen molar-refractivity contribution in [1.82, 2.24) is 10.2 Å². The SMILES string of the molecule is Cc1cc(OCC(=O)NC(=S)N(C)Cc2ccccc2)ccc1C(C)C. The molecule has 2 aromatic carbocycles. The summed E-state index contributed by atoms with van der Waals surface area (Å²) >= 11 is 5.29. The third-order valence-electron chi connectivity index (χ3n) is 4.09. The van der Waals surface area contributed by atoms with Crippen molar-refractivity contribution in [2.24, 2.45) is 0 Å². The predicted molar refractivity (Wildman–Crippen MR) is 109 cm³/mol. The van der Waals surface area contributed by atoms with E-state index in [-0.39, 0.29) is 12.5 Å². The molecule has 0 heterocycles. The number of hydrogen-bond acceptors (Lipinski definition) is 3. The lowest BCUT2D eigenvalue weighted by Gasteiger charge is -2.20. The molecule has 0 atom stereocenters. The van der Waals surface area contributed by atoms with Crippen molar-refractivity contribution in [2.45, 2.75) is 33.2 Å². The molecule has 0 aliphatic rings. The van der Waals surface area contributed by atoms with E-state index in [1.165, 1.54) is 5.56 Å². The highest BCUT2D eigenvalue weighted by molar-refractivity contribution is 7.80. The van der Waals surface area contributed by atoms with E-state index in [9.17, 15) is 4.79 Å². The van der Waals surface area contributed by atoms with Gasteiger partial charge in [0.2, 0.25) is 0 Å². The Morgan fingerprint density at radius 3 is 2.50 bits per heavy atom. The van der Waals surface area contributed by atoms with Crippen molar-refractivity contribution < 1.29 is 9.53 Å². The average Bonchev–Trinajstić information content (AvgIpc) is 2.60. The van der Waals surface area contributed by atoms with Crippen LogP contribution in [0.3, 0.4) is 0 Å². The summed E-state index contributed by atoms with van der Waals surface area (Å²) in [4.78, 5) is 13.9. The molecule has 0 aromatic heterocycles. The number of hydrogen-bond donors (Lipinski definition) is 1. The van der Waals surface area contributed by atoms with Crippen LogP contribution >= 0.6 is 12.2 Å². The van der Waals surface area contributed by atoms with Crippen molar-refractivity contribution in [3.05, 3.63) is 65.2 Å². The summed E-state index contributed by atoms with van der Waals surface area (Å²) < 4.78 is 5.59. The lowest BCUT2D eigenvalue weighted by atomic mass is 9.98. The van der Waals surface area contributed by atoms with Gasteiger partial charge in [-0.05, 0) is 53.9 Å². The van der Waals surface area contributed by atoms with Crippen LogP contribution < -0.4 is 10.1 Å². The van der Waals surface area contributed by atoms with Gasteiger partial charge in [-0.15, -0.1) is 0 Å². The molecule has 4 nitrogen and oxygen atoms in total. The molecule has 0 unspecified atom stereocenters. The first-order chi connectivity index (χ1) is 12.4. The Morgan fingerprint density at radius 1 is 1.19 bits per heavy atom.